The van der Waals surface area contributed by atoms with Crippen LogP contribution in [0.5, 0.6) is 0 Å². The third-order valence-electron chi connectivity index (χ3n) is 0.642. The minimum atomic E-state index is -0.908. The summed E-state index contributed by atoms with van der Waals surface area (Å²) < 4.78 is 5.18. The van der Waals surface area contributed by atoms with Gasteiger partial charge >= 0.3 is 10.1 Å². The summed E-state index contributed by atoms with van der Waals surface area (Å²) in [6.07, 6.45) is -0.366. The Hall–Kier alpha value is -0.660. The molecule has 0 aromatic rings. The van der Waals surface area contributed by atoms with Gasteiger partial charge in [0, 0.05) is 27.2 Å². The number of ether oxygens (including phenoxy) is 1. The van der Waals surface area contributed by atoms with E-state index in [2.05, 4.69) is 10.5 Å². The number of nitrogens with two attached hydrogens (primary N) is 1. The molecular weight excluding hydrogens is 265 g/mol. The van der Waals surface area contributed by atoms with Crippen LogP contribution in [0.25, 0.3) is 0 Å². The summed E-state index contributed by atoms with van der Waals surface area (Å²) in [6.45, 7) is 0.169. The maximum Gasteiger partial charge on any atom is 0.404 e. The molecule has 0 aromatic carbocycles. The molecule has 5 nitrogen and oxygen atoms in total. The fraction of sp³-hybridized carbons (Fsp3) is 0.400. The number of amides is 1. The standard InChI is InChI=1S/C5H8INO4/c7-5(10)11-3-1-2-6-4(8)9/h2H,1,3H2,(H2,7,10)(H,8,9). The van der Waals surface area contributed by atoms with E-state index >= 15 is 0 Å². The van der Waals surface area contributed by atoms with Crippen LogP contribution in [-0.4, -0.2) is 25.8 Å². The number of hydrogen-bond acceptors (Lipinski definition) is 3. The van der Waals surface area contributed by atoms with Crippen molar-refractivity contribution in [1.29, 1.82) is 0 Å². The maximum absolute atomic E-state index is 9.98. The first kappa shape index (κ1) is 10.3. The molecule has 0 rings (SSSR count). The van der Waals surface area contributed by atoms with Crippen LogP contribution in [0, 0.1) is 0 Å². The number of hydrogen-bond donors (Lipinski definition) is 2. The topological polar surface area (TPSA) is 89.6 Å². The van der Waals surface area contributed by atoms with Gasteiger partial charge in [-0.25, -0.2) is 9.59 Å². The molecule has 0 bridgehead atoms. The van der Waals surface area contributed by atoms with E-state index in [9.17, 15) is 9.59 Å². The normalized spacial score (nSPS) is 10.5. The summed E-state index contributed by atoms with van der Waals surface area (Å²) in [5.41, 5.74) is 4.65. The van der Waals surface area contributed by atoms with Gasteiger partial charge in [-0.15, -0.1) is 0 Å². The van der Waals surface area contributed by atoms with Crippen LogP contribution in [0.15, 0.2) is 0 Å². The largest absolute Gasteiger partial charge is 0.474 e. The van der Waals surface area contributed by atoms with Crippen LogP contribution in [-0.2, 0) is 4.74 Å². The van der Waals surface area contributed by atoms with Crippen LogP contribution < -0.4 is 5.73 Å². The Morgan fingerprint density at radius 1 is 1.64 bits per heavy atom. The molecule has 0 radical (unpaired) electrons. The Morgan fingerprint density at radius 2 is 2.27 bits per heavy atom. The molecule has 0 saturated carbocycles. The van der Waals surface area contributed by atoms with E-state index in [1.54, 1.807) is 4.01 Å². The van der Waals surface area contributed by atoms with Crippen molar-refractivity contribution in [3.63, 3.8) is 0 Å². The highest BCUT2D eigenvalue weighted by Crippen LogP contribution is 1.96. The lowest BCUT2D eigenvalue weighted by Crippen LogP contribution is -2.13. The Morgan fingerprint density at radius 3 is 2.73 bits per heavy atom. The second-order valence-corrected chi connectivity index (χ2v) is 3.90. The Kier molecular flexibility index (Phi) is 5.71. The number of halogens is 1. The van der Waals surface area contributed by atoms with E-state index in [4.69, 9.17) is 5.11 Å². The highest BCUT2D eigenvalue weighted by molar-refractivity contribution is 14.2. The van der Waals surface area contributed by atoms with E-state index in [1.807, 2.05) is 0 Å². The van der Waals surface area contributed by atoms with Crippen molar-refractivity contribution in [2.24, 2.45) is 5.73 Å². The van der Waals surface area contributed by atoms with Crippen molar-refractivity contribution < 1.29 is 19.4 Å². The van der Waals surface area contributed by atoms with Crippen molar-refractivity contribution in [3.8, 4) is 0 Å². The Labute approximate surface area is 73.3 Å². The van der Waals surface area contributed by atoms with Crippen LogP contribution in [0.3, 0.4) is 0 Å². The fourth-order valence-electron chi connectivity index (χ4n) is 0.325. The molecule has 0 aliphatic carbocycles. The zero-order valence-corrected chi connectivity index (χ0v) is 7.78. The molecule has 0 fully saturated rings. The summed E-state index contributed by atoms with van der Waals surface area (Å²) in [5.74, 6) is 0. The van der Waals surface area contributed by atoms with Gasteiger partial charge in [-0.3, -0.25) is 0 Å². The van der Waals surface area contributed by atoms with E-state index in [1.165, 1.54) is 0 Å². The van der Waals surface area contributed by atoms with Crippen molar-refractivity contribution in [2.75, 3.05) is 6.61 Å². The minimum Gasteiger partial charge on any atom is -0.474 e. The zero-order valence-electron chi connectivity index (χ0n) is 5.62. The average Bonchev–Trinajstić information content (AvgIpc) is 1.85. The summed E-state index contributed by atoms with van der Waals surface area (Å²) in [6, 6.07) is 0. The van der Waals surface area contributed by atoms with Crippen molar-refractivity contribution in [3.05, 3.63) is 0 Å². The molecule has 0 aromatic heterocycles. The third kappa shape index (κ3) is 9.34. The number of carbonyl (C=O) groups excluding carboxylic acids is 1. The molecule has 0 aliphatic rings. The van der Waals surface area contributed by atoms with Crippen molar-refractivity contribution in [2.45, 2.75) is 6.42 Å². The zero-order chi connectivity index (χ0) is 8.69. The molecular formula is C5H8INO4. The molecule has 0 saturated heterocycles. The van der Waals surface area contributed by atoms with Crippen molar-refractivity contribution >= 4 is 34.8 Å². The van der Waals surface area contributed by atoms with E-state index in [0.29, 0.717) is 6.42 Å². The smallest absolute Gasteiger partial charge is 0.404 e. The molecule has 11 heavy (non-hydrogen) atoms. The highest BCUT2D eigenvalue weighted by atomic mass is 127. The summed E-state index contributed by atoms with van der Waals surface area (Å²) >= 11 is -0.908. The van der Waals surface area contributed by atoms with Gasteiger partial charge in [0.05, 0.1) is 6.61 Å². The van der Waals surface area contributed by atoms with Crippen LogP contribution in [0.2, 0.25) is 0 Å². The lowest BCUT2D eigenvalue weighted by atomic mass is 10.5. The van der Waals surface area contributed by atoms with Crippen LogP contribution >= 0.6 is 20.7 Å². The van der Waals surface area contributed by atoms with E-state index in [0.717, 1.165) is 0 Å². The predicted octanol–water partition coefficient (Wildman–Crippen LogP) is 0.923. The first-order chi connectivity index (χ1) is 5.13. The first-order valence-electron chi connectivity index (χ1n) is 2.73. The highest BCUT2D eigenvalue weighted by Gasteiger charge is 1.90. The molecule has 6 heteroatoms. The molecule has 3 N–H and O–H groups in total. The SMILES string of the molecule is NC(=O)OCCC=IC(=O)O. The van der Waals surface area contributed by atoms with E-state index < -0.39 is 30.8 Å². The van der Waals surface area contributed by atoms with Gasteiger partial charge in [0.1, 0.15) is 0 Å². The first-order valence-corrected chi connectivity index (χ1v) is 5.05. The second kappa shape index (κ2) is 6.08. The molecule has 1 amide bonds. The fourth-order valence-corrected chi connectivity index (χ4v) is 1.27. The number of primary amides is 1. The molecule has 0 spiro atoms. The van der Waals surface area contributed by atoms with Gasteiger partial charge in [-0.1, -0.05) is 0 Å². The number of rotatable bonds is 4. The monoisotopic (exact) mass is 273 g/mol. The van der Waals surface area contributed by atoms with Gasteiger partial charge in [-0.2, -0.15) is 0 Å². The van der Waals surface area contributed by atoms with Gasteiger partial charge in [0.15, 0.2) is 0 Å². The maximum atomic E-state index is 9.98. The second-order valence-electron chi connectivity index (χ2n) is 1.47. The van der Waals surface area contributed by atoms with Crippen molar-refractivity contribution in [1.82, 2.24) is 0 Å². The van der Waals surface area contributed by atoms with Crippen LogP contribution in [0.4, 0.5) is 9.59 Å². The summed E-state index contributed by atoms with van der Waals surface area (Å²) in [5, 5.41) is 8.21. The summed E-state index contributed by atoms with van der Waals surface area (Å²) in [7, 11) is 0. The quantitative estimate of drug-likeness (QED) is 0.453. The van der Waals surface area contributed by atoms with Gasteiger partial charge in [0.25, 0.3) is 0 Å². The molecule has 0 atom stereocenters. The minimum absolute atomic E-state index is 0.169. The van der Waals surface area contributed by atoms with Gasteiger partial charge < -0.3 is 15.6 Å². The van der Waals surface area contributed by atoms with Crippen LogP contribution in [0.1, 0.15) is 6.42 Å². The molecule has 0 heterocycles. The third-order valence-corrected chi connectivity index (χ3v) is 2.24. The molecule has 0 unspecified atom stereocenters. The predicted molar refractivity (Wildman–Crippen MR) is 48.3 cm³/mol. The lowest BCUT2D eigenvalue weighted by molar-refractivity contribution is 0.160. The Balaban J connectivity index is 3.27. The van der Waals surface area contributed by atoms with Gasteiger partial charge in [0.2, 0.25) is 0 Å². The van der Waals surface area contributed by atoms with E-state index in [-0.39, 0.29) is 6.61 Å². The Bertz CT molecular complexity index is 179. The van der Waals surface area contributed by atoms with Gasteiger partial charge in [-0.05, 0) is 4.01 Å². The summed E-state index contributed by atoms with van der Waals surface area (Å²) in [4.78, 5) is 20.0. The average molecular weight is 273 g/mol. The lowest BCUT2D eigenvalue weighted by Gasteiger charge is -1.94. The molecule has 64 valence electrons. The number of carbonyl (C=O) groups is 2. The molecule has 0 aliphatic heterocycles. The number of carboxylic acid groups (broad SMARTS) is 1.